The maximum absolute atomic E-state index is 12.9. The number of pyridine rings is 1. The topological polar surface area (TPSA) is 217 Å². The number of nitrogens with one attached hydrogen (secondary N) is 1. The van der Waals surface area contributed by atoms with Gasteiger partial charge in [-0.2, -0.15) is 14.3 Å². The maximum Gasteiger partial charge on any atom is 0.278 e. The molecule has 0 aliphatic carbocycles. The highest BCUT2D eigenvalue weighted by Gasteiger charge is 2.53. The summed E-state index contributed by atoms with van der Waals surface area (Å²) in [6.07, 6.45) is 4.71. The van der Waals surface area contributed by atoms with Gasteiger partial charge < -0.3 is 30.7 Å². The molecule has 2 amide bonds. The molecule has 15 nitrogen and oxygen atoms in total. The summed E-state index contributed by atoms with van der Waals surface area (Å²) in [6.45, 7) is 0.157. The van der Waals surface area contributed by atoms with Crippen LogP contribution in [-0.4, -0.2) is 70.3 Å². The molecule has 0 unspecified atom stereocenters. The number of hydrogen-bond donors (Lipinski definition) is 3. The molecule has 0 aromatic carbocycles. The second-order valence-electron chi connectivity index (χ2n) is 7.52. The average Bonchev–Trinajstić information content (AvgIpc) is 3.55. The molecule has 4 N–H and O–H groups in total. The predicted molar refractivity (Wildman–Crippen MR) is 120 cm³/mol. The van der Waals surface area contributed by atoms with E-state index in [0.29, 0.717) is 17.0 Å². The van der Waals surface area contributed by atoms with E-state index in [-0.39, 0.29) is 29.0 Å². The van der Waals surface area contributed by atoms with E-state index < -0.39 is 34.9 Å². The van der Waals surface area contributed by atoms with E-state index in [1.807, 2.05) is 0 Å². The van der Waals surface area contributed by atoms with Crippen molar-refractivity contribution in [2.75, 3.05) is 11.5 Å². The number of carboxylic acids is 1. The van der Waals surface area contributed by atoms with Gasteiger partial charge in [-0.05, 0) is 6.07 Å². The Kier molecular flexibility index (Phi) is 6.06. The van der Waals surface area contributed by atoms with E-state index in [1.54, 1.807) is 29.1 Å². The minimum Gasteiger partial charge on any atom is -0.543 e. The Hall–Kier alpha value is -4.38. The van der Waals surface area contributed by atoms with Crippen molar-refractivity contribution >= 4 is 51.9 Å². The van der Waals surface area contributed by atoms with E-state index in [9.17, 15) is 24.7 Å². The Labute approximate surface area is 209 Å². The number of amides is 2. The van der Waals surface area contributed by atoms with Crippen molar-refractivity contribution in [1.82, 2.24) is 29.7 Å². The molecule has 36 heavy (non-hydrogen) atoms. The first kappa shape index (κ1) is 23.4. The van der Waals surface area contributed by atoms with Crippen LogP contribution in [0.15, 0.2) is 51.8 Å². The molecule has 1 fully saturated rings. The van der Waals surface area contributed by atoms with Crippen LogP contribution in [0.3, 0.4) is 0 Å². The summed E-state index contributed by atoms with van der Waals surface area (Å²) in [5, 5.41) is 29.6. The number of aromatic nitrogens is 5. The van der Waals surface area contributed by atoms with Crippen molar-refractivity contribution in [2.45, 2.75) is 18.0 Å². The molecule has 3 aromatic rings. The summed E-state index contributed by atoms with van der Waals surface area (Å²) in [6, 6.07) is 2.44. The van der Waals surface area contributed by atoms with Gasteiger partial charge in [0, 0.05) is 28.9 Å². The number of fused-ring (bicyclic) bond motifs is 1. The van der Waals surface area contributed by atoms with Crippen molar-refractivity contribution in [3.8, 4) is 11.5 Å². The molecule has 0 spiro atoms. The summed E-state index contributed by atoms with van der Waals surface area (Å²) in [5.74, 6) is -2.71. The second kappa shape index (κ2) is 9.34. The van der Waals surface area contributed by atoms with Gasteiger partial charge in [0.15, 0.2) is 30.4 Å². The SMILES string of the molecule is Nc1nc(C(=NO)C(=O)N[C@@H]2C(=O)N3C(C(=O)[O-])=C(C[n+]4cccc(-c5ncno5)c4)CS[C@@H]23)ns1. The van der Waals surface area contributed by atoms with Gasteiger partial charge in [-0.15, -0.1) is 11.8 Å². The number of β-lactam (4-membered cyclic amide) rings is 1. The molecule has 5 rings (SSSR count). The van der Waals surface area contributed by atoms with Crippen molar-refractivity contribution in [3.05, 3.63) is 47.9 Å². The number of carboxylic acid groups (broad SMARTS) is 1. The lowest BCUT2D eigenvalue weighted by Gasteiger charge is -2.50. The Morgan fingerprint density at radius 2 is 2.28 bits per heavy atom. The average molecular weight is 530 g/mol. The number of oxime groups is 1. The molecule has 2 aliphatic heterocycles. The van der Waals surface area contributed by atoms with Crippen LogP contribution in [0.1, 0.15) is 5.82 Å². The number of anilines is 1. The first-order valence-electron chi connectivity index (χ1n) is 10.1. The number of nitrogen functional groups attached to an aromatic ring is 1. The van der Waals surface area contributed by atoms with E-state index >= 15 is 0 Å². The Morgan fingerprint density at radius 3 is 2.94 bits per heavy atom. The molecule has 184 valence electrons. The third-order valence-electron chi connectivity index (χ3n) is 5.34. The smallest absolute Gasteiger partial charge is 0.278 e. The zero-order chi connectivity index (χ0) is 25.4. The van der Waals surface area contributed by atoms with Gasteiger partial charge in [0.2, 0.25) is 11.5 Å². The van der Waals surface area contributed by atoms with E-state index in [4.69, 9.17) is 10.3 Å². The highest BCUT2D eigenvalue weighted by atomic mass is 32.2. The Balaban J connectivity index is 1.34. The van der Waals surface area contributed by atoms with Crippen LogP contribution < -0.4 is 20.7 Å². The number of carbonyl (C=O) groups excluding carboxylic acids is 3. The predicted octanol–water partition coefficient (Wildman–Crippen LogP) is -2.26. The van der Waals surface area contributed by atoms with Crippen molar-refractivity contribution < 1.29 is 33.8 Å². The van der Waals surface area contributed by atoms with Crippen LogP contribution in [0.5, 0.6) is 0 Å². The second-order valence-corrected chi connectivity index (χ2v) is 9.41. The molecule has 0 radical (unpaired) electrons. The number of nitrogens with zero attached hydrogens (tertiary/aromatic N) is 7. The molecule has 2 aliphatic rings. The minimum atomic E-state index is -1.51. The molecule has 17 heteroatoms. The normalized spacial score (nSPS) is 19.6. The van der Waals surface area contributed by atoms with Gasteiger partial charge in [0.1, 0.15) is 17.0 Å². The van der Waals surface area contributed by atoms with Crippen LogP contribution in [0.25, 0.3) is 11.5 Å². The van der Waals surface area contributed by atoms with Crippen molar-refractivity contribution in [1.29, 1.82) is 0 Å². The molecule has 5 heterocycles. The fraction of sp³-hybridized carbons (Fsp3) is 0.211. The summed E-state index contributed by atoms with van der Waals surface area (Å²) < 4.78 is 10.6. The van der Waals surface area contributed by atoms with Crippen LogP contribution in [0, 0.1) is 0 Å². The first-order chi connectivity index (χ1) is 17.4. The lowest BCUT2D eigenvalue weighted by atomic mass is 10.0. The number of nitrogens with two attached hydrogens (primary N) is 1. The van der Waals surface area contributed by atoms with Gasteiger partial charge >= 0.3 is 0 Å². The molecular weight excluding hydrogens is 514 g/mol. The lowest BCUT2D eigenvalue weighted by Crippen LogP contribution is -2.71. The fourth-order valence-electron chi connectivity index (χ4n) is 3.79. The zero-order valence-electron chi connectivity index (χ0n) is 18.0. The van der Waals surface area contributed by atoms with Crippen molar-refractivity contribution in [2.24, 2.45) is 5.16 Å². The van der Waals surface area contributed by atoms with Crippen LogP contribution in [-0.2, 0) is 20.9 Å². The number of hydrogen-bond acceptors (Lipinski definition) is 14. The molecule has 0 bridgehead atoms. The summed E-state index contributed by atoms with van der Waals surface area (Å²) in [4.78, 5) is 46.4. The molecular formula is C19H15N9O6S2. The number of rotatable bonds is 7. The summed E-state index contributed by atoms with van der Waals surface area (Å²) >= 11 is 2.07. The van der Waals surface area contributed by atoms with Gasteiger partial charge in [-0.1, -0.05) is 10.3 Å². The maximum atomic E-state index is 12.9. The number of aliphatic carboxylic acids is 1. The highest BCUT2D eigenvalue weighted by Crippen LogP contribution is 2.40. The third kappa shape index (κ3) is 4.13. The summed E-state index contributed by atoms with van der Waals surface area (Å²) in [5.41, 5.74) is 5.80. The standard InChI is InChI=1S/C19H15N9O6S2/c20-19-24-13(26-36-19)10(25-33)14(29)23-11-16(30)28-12(18(31)32)9(6-35-17(11)28)5-27-3-1-2-8(4-27)15-21-7-22-34-15/h1-4,7,11,17H,5-6H2,(H4-,20,23,24,26,29,31,32,33)/t11-,17+/m1/s1. The van der Waals surface area contributed by atoms with Crippen molar-refractivity contribution in [3.63, 3.8) is 0 Å². The monoisotopic (exact) mass is 529 g/mol. The first-order valence-corrected chi connectivity index (χ1v) is 12.0. The van der Waals surface area contributed by atoms with Gasteiger partial charge in [-0.3, -0.25) is 14.5 Å². The summed E-state index contributed by atoms with van der Waals surface area (Å²) in [7, 11) is 0. The molecule has 1 saturated heterocycles. The van der Waals surface area contributed by atoms with Crippen LogP contribution >= 0.6 is 23.3 Å². The molecule has 0 saturated carbocycles. The third-order valence-corrected chi connectivity index (χ3v) is 7.22. The van der Waals surface area contributed by atoms with Gasteiger partial charge in [-0.25, -0.2) is 4.57 Å². The van der Waals surface area contributed by atoms with Crippen LogP contribution in [0.4, 0.5) is 5.13 Å². The molecule has 2 atom stereocenters. The number of thioether (sulfide) groups is 1. The minimum absolute atomic E-state index is 0.0597. The Bertz CT molecular complexity index is 1420. The highest BCUT2D eigenvalue weighted by molar-refractivity contribution is 8.00. The van der Waals surface area contributed by atoms with Gasteiger partial charge in [0.05, 0.1) is 11.7 Å². The van der Waals surface area contributed by atoms with E-state index in [2.05, 4.69) is 30.0 Å². The Morgan fingerprint density at radius 1 is 1.44 bits per heavy atom. The molecule has 3 aromatic heterocycles. The fourth-order valence-corrected chi connectivity index (χ4v) is 5.56. The number of carbonyl (C=O) groups is 3. The largest absolute Gasteiger partial charge is 0.543 e. The van der Waals surface area contributed by atoms with Gasteiger partial charge in [0.25, 0.3) is 17.7 Å². The van der Waals surface area contributed by atoms with E-state index in [0.717, 1.165) is 16.4 Å². The van der Waals surface area contributed by atoms with E-state index in [1.165, 1.54) is 18.1 Å². The zero-order valence-corrected chi connectivity index (χ0v) is 19.6. The lowest BCUT2D eigenvalue weighted by molar-refractivity contribution is -0.688. The quantitative estimate of drug-likeness (QED) is 0.0971. The van der Waals surface area contributed by atoms with Crippen LogP contribution in [0.2, 0.25) is 0 Å².